The molecule has 3 atom stereocenters. The molecule has 1 aromatic carbocycles. The molecule has 2 rings (SSSR count). The first-order valence-corrected chi connectivity index (χ1v) is 9.74. The van der Waals surface area contributed by atoms with Crippen molar-refractivity contribution in [1.82, 2.24) is 10.6 Å². The molecule has 12 heteroatoms. The van der Waals surface area contributed by atoms with Crippen LogP contribution in [0.15, 0.2) is 30.3 Å². The van der Waals surface area contributed by atoms with E-state index < -0.39 is 48.8 Å². The monoisotopic (exact) mass is 457 g/mol. The molecule has 1 aliphatic rings. The van der Waals surface area contributed by atoms with E-state index in [1.165, 1.54) is 0 Å². The van der Waals surface area contributed by atoms with Gasteiger partial charge in [0.2, 0.25) is 11.8 Å². The Balaban J connectivity index is 2.08. The molecule has 1 heterocycles. The highest BCUT2D eigenvalue weighted by atomic mass is 19.3. The van der Waals surface area contributed by atoms with Crippen LogP contribution in [0.25, 0.3) is 0 Å². The van der Waals surface area contributed by atoms with E-state index >= 15 is 0 Å². The number of halogens is 2. The summed E-state index contributed by atoms with van der Waals surface area (Å²) in [4.78, 5) is 48.2. The van der Waals surface area contributed by atoms with Crippen LogP contribution in [0.3, 0.4) is 0 Å². The van der Waals surface area contributed by atoms with Crippen molar-refractivity contribution in [3.05, 3.63) is 35.9 Å². The average Bonchev–Trinajstić information content (AvgIpc) is 3.48. The minimum Gasteiger partial charge on any atom is -0.449 e. The topological polar surface area (TPSA) is 149 Å². The zero-order chi connectivity index (χ0) is 23.7. The Kier molecular flexibility index (Phi) is 9.02. The summed E-state index contributed by atoms with van der Waals surface area (Å²) >= 11 is 0. The van der Waals surface area contributed by atoms with Crippen molar-refractivity contribution in [2.24, 2.45) is 5.73 Å². The lowest BCUT2D eigenvalue weighted by molar-refractivity contribution is -0.148. The number of carbonyl (C=O) groups excluding carboxylic acids is 4. The maximum absolute atomic E-state index is 12.8. The van der Waals surface area contributed by atoms with Gasteiger partial charge in [-0.1, -0.05) is 30.3 Å². The summed E-state index contributed by atoms with van der Waals surface area (Å²) < 4.78 is 38.8. The number of benzene rings is 1. The van der Waals surface area contributed by atoms with Gasteiger partial charge in [-0.05, 0) is 18.9 Å². The Labute approximate surface area is 182 Å². The van der Waals surface area contributed by atoms with Crippen LogP contribution in [0, 0.1) is 0 Å². The smallest absolute Gasteiger partial charge is 0.404 e. The molecule has 1 fully saturated rings. The van der Waals surface area contributed by atoms with E-state index in [-0.39, 0.29) is 31.8 Å². The summed E-state index contributed by atoms with van der Waals surface area (Å²) in [5, 5.41) is 4.73. The minimum atomic E-state index is -3.18. The van der Waals surface area contributed by atoms with E-state index in [1.807, 2.05) is 0 Å². The molecule has 0 aromatic heterocycles. The molecule has 0 aliphatic carbocycles. The fourth-order valence-electron chi connectivity index (χ4n) is 2.81. The number of amides is 3. The number of hydrogen-bond donors (Lipinski definition) is 3. The zero-order valence-electron chi connectivity index (χ0n) is 17.3. The van der Waals surface area contributed by atoms with Crippen molar-refractivity contribution in [3.8, 4) is 0 Å². The molecule has 4 N–H and O–H groups in total. The number of ether oxygens (including phenoxy) is 3. The third-order valence-corrected chi connectivity index (χ3v) is 4.63. The maximum atomic E-state index is 12.8. The number of nitrogens with one attached hydrogen (secondary N) is 2. The van der Waals surface area contributed by atoms with Crippen LogP contribution in [-0.2, 0) is 35.0 Å². The van der Waals surface area contributed by atoms with Gasteiger partial charge < -0.3 is 30.6 Å². The van der Waals surface area contributed by atoms with E-state index in [4.69, 9.17) is 10.5 Å². The number of ketones is 1. The molecule has 0 saturated carbocycles. The van der Waals surface area contributed by atoms with Crippen molar-refractivity contribution in [2.45, 2.75) is 44.1 Å². The molecule has 0 bridgehead atoms. The number of epoxide rings is 1. The second kappa shape index (κ2) is 11.5. The summed E-state index contributed by atoms with van der Waals surface area (Å²) in [5.41, 5.74) is 4.50. The summed E-state index contributed by atoms with van der Waals surface area (Å²) in [6.45, 7) is -2.61. The Morgan fingerprint density at radius 1 is 1.16 bits per heavy atom. The van der Waals surface area contributed by atoms with Crippen LogP contribution in [0.5, 0.6) is 0 Å². The van der Waals surface area contributed by atoms with Crippen LogP contribution >= 0.6 is 0 Å². The molecule has 3 amide bonds. The average molecular weight is 457 g/mol. The number of carbonyl (C=O) groups is 4. The number of rotatable bonds is 13. The molecule has 1 aliphatic heterocycles. The lowest BCUT2D eigenvalue weighted by Gasteiger charge is -2.24. The molecule has 10 nitrogen and oxygen atoms in total. The number of primary amides is 1. The van der Waals surface area contributed by atoms with Crippen LogP contribution in [0.4, 0.5) is 13.6 Å². The fraction of sp³-hybridized carbons (Fsp3) is 0.500. The van der Waals surface area contributed by atoms with Gasteiger partial charge in [-0.3, -0.25) is 14.4 Å². The Bertz CT molecular complexity index is 819. The van der Waals surface area contributed by atoms with Crippen LogP contribution in [-0.4, -0.2) is 67.8 Å². The Morgan fingerprint density at radius 2 is 1.81 bits per heavy atom. The standard InChI is InChI=1S/C20H25F2N3O7/c1-20(11-32-20)16(27)13(9-12-5-3-2-4-6-12)25-17(28)14(10-31-18(21)22)24-15(26)7-8-30-19(23)29/h2-6,13-14,18H,7-11H2,1H3,(H2,23,29)(H,24,26)(H,25,28)/t13-,14-,20+/m0/s1. The second-order valence-electron chi connectivity index (χ2n) is 7.27. The molecule has 176 valence electrons. The second-order valence-corrected chi connectivity index (χ2v) is 7.27. The third kappa shape index (κ3) is 8.19. The van der Waals surface area contributed by atoms with Gasteiger partial charge >= 0.3 is 12.7 Å². The molecular formula is C20H25F2N3O7. The fourth-order valence-corrected chi connectivity index (χ4v) is 2.81. The molecule has 1 aromatic rings. The van der Waals surface area contributed by atoms with Crippen molar-refractivity contribution in [1.29, 1.82) is 0 Å². The first kappa shape index (κ1) is 25.1. The summed E-state index contributed by atoms with van der Waals surface area (Å²) in [6.07, 6.45) is -1.32. The van der Waals surface area contributed by atoms with Crippen molar-refractivity contribution >= 4 is 23.7 Å². The highest BCUT2D eigenvalue weighted by molar-refractivity contribution is 5.98. The number of hydrogen-bond acceptors (Lipinski definition) is 7. The molecule has 32 heavy (non-hydrogen) atoms. The summed E-state index contributed by atoms with van der Waals surface area (Å²) in [6, 6.07) is 6.30. The van der Waals surface area contributed by atoms with E-state index in [0.717, 1.165) is 5.56 Å². The van der Waals surface area contributed by atoms with Gasteiger partial charge in [-0.2, -0.15) is 8.78 Å². The summed E-state index contributed by atoms with van der Waals surface area (Å²) in [5.74, 6) is -2.05. The van der Waals surface area contributed by atoms with Crippen molar-refractivity contribution < 1.29 is 42.2 Å². The Morgan fingerprint density at radius 3 is 2.38 bits per heavy atom. The van der Waals surface area contributed by atoms with Gasteiger partial charge in [0.25, 0.3) is 0 Å². The van der Waals surface area contributed by atoms with Crippen LogP contribution in [0.2, 0.25) is 0 Å². The van der Waals surface area contributed by atoms with Crippen molar-refractivity contribution in [3.63, 3.8) is 0 Å². The lowest BCUT2D eigenvalue weighted by atomic mass is 9.94. The first-order chi connectivity index (χ1) is 15.1. The summed E-state index contributed by atoms with van der Waals surface area (Å²) in [7, 11) is 0. The van der Waals surface area contributed by atoms with Crippen LogP contribution < -0.4 is 16.4 Å². The quantitative estimate of drug-likeness (QED) is 0.360. The lowest BCUT2D eigenvalue weighted by Crippen LogP contribution is -2.55. The van der Waals surface area contributed by atoms with E-state index in [0.29, 0.717) is 0 Å². The molecule has 0 unspecified atom stereocenters. The van der Waals surface area contributed by atoms with E-state index in [9.17, 15) is 28.0 Å². The minimum absolute atomic E-state index is 0.132. The van der Waals surface area contributed by atoms with E-state index in [1.54, 1.807) is 37.3 Å². The van der Waals surface area contributed by atoms with Crippen LogP contribution in [0.1, 0.15) is 18.9 Å². The highest BCUT2D eigenvalue weighted by Gasteiger charge is 2.50. The van der Waals surface area contributed by atoms with Gasteiger partial charge in [-0.15, -0.1) is 0 Å². The molecular weight excluding hydrogens is 432 g/mol. The van der Waals surface area contributed by atoms with Gasteiger partial charge in [0.05, 0.1) is 25.7 Å². The van der Waals surface area contributed by atoms with Gasteiger partial charge in [0.1, 0.15) is 18.2 Å². The van der Waals surface area contributed by atoms with Gasteiger partial charge in [-0.25, -0.2) is 4.79 Å². The van der Waals surface area contributed by atoms with E-state index in [2.05, 4.69) is 20.1 Å². The predicted octanol–water partition coefficient (Wildman–Crippen LogP) is 0.281. The zero-order valence-corrected chi connectivity index (χ0v) is 17.3. The molecule has 0 spiro atoms. The third-order valence-electron chi connectivity index (χ3n) is 4.63. The molecule has 1 saturated heterocycles. The molecule has 0 radical (unpaired) electrons. The normalized spacial score (nSPS) is 19.0. The predicted molar refractivity (Wildman–Crippen MR) is 105 cm³/mol. The largest absolute Gasteiger partial charge is 0.449 e. The number of Topliss-reactive ketones (excluding diaryl/α,β-unsaturated/α-hetero) is 1. The first-order valence-electron chi connectivity index (χ1n) is 9.74. The van der Waals surface area contributed by atoms with Gasteiger partial charge in [0, 0.05) is 0 Å². The number of nitrogens with two attached hydrogens (primary N) is 1. The SMILES string of the molecule is C[C@]1(C(=O)[C@H](Cc2ccccc2)NC(=O)[C@H](COC(F)F)NC(=O)CCOC(N)=O)CO1. The number of alkyl halides is 2. The van der Waals surface area contributed by atoms with Gasteiger partial charge in [0.15, 0.2) is 5.78 Å². The highest BCUT2D eigenvalue weighted by Crippen LogP contribution is 2.29. The Hall–Kier alpha value is -3.12. The van der Waals surface area contributed by atoms with Crippen molar-refractivity contribution in [2.75, 3.05) is 19.8 Å². The maximum Gasteiger partial charge on any atom is 0.404 e.